The van der Waals surface area contributed by atoms with Gasteiger partial charge < -0.3 is 5.73 Å². The Hall–Kier alpha value is -5.51. The molecule has 12 nitrogen and oxygen atoms in total. The van der Waals surface area contributed by atoms with Gasteiger partial charge in [-0.3, -0.25) is 24.1 Å². The SMILES string of the molecule is NC(=O)c1cnn(CC(c2ccc(-c3c(-[n+]4cnn[nH]4)ccc(Cl)c3F)cn2)n2cc(-c3ccnc(C(F)(F)F)c3)cn2)c1. The molecule has 17 heteroatoms. The number of hydrogen-bond acceptors (Lipinski definition) is 7. The number of nitrogens with zero attached hydrogens (tertiary/aromatic N) is 9. The van der Waals surface area contributed by atoms with Crippen LogP contribution in [0.5, 0.6) is 0 Å². The number of nitrogens with one attached hydrogen (secondary N) is 1. The summed E-state index contributed by atoms with van der Waals surface area (Å²) in [5.41, 5.74) is 6.52. The predicted octanol–water partition coefficient (Wildman–Crippen LogP) is 3.80. The number of rotatable bonds is 8. The van der Waals surface area contributed by atoms with Crippen molar-refractivity contribution in [2.75, 3.05) is 0 Å². The fourth-order valence-corrected chi connectivity index (χ4v) is 4.72. The van der Waals surface area contributed by atoms with Crippen LogP contribution in [0, 0.1) is 5.82 Å². The number of halogens is 5. The van der Waals surface area contributed by atoms with Crippen LogP contribution in [0.15, 0.2) is 79.9 Å². The zero-order valence-corrected chi connectivity index (χ0v) is 22.9. The quantitative estimate of drug-likeness (QED) is 0.193. The Morgan fingerprint density at radius 1 is 1.02 bits per heavy atom. The first-order chi connectivity index (χ1) is 21.1. The molecule has 6 aromatic rings. The van der Waals surface area contributed by atoms with Crippen LogP contribution in [-0.4, -0.2) is 51.0 Å². The molecule has 0 aliphatic rings. The highest BCUT2D eigenvalue weighted by Crippen LogP contribution is 2.33. The molecule has 1 amide bonds. The number of hydrogen-bond donors (Lipinski definition) is 2. The molecule has 0 saturated heterocycles. The summed E-state index contributed by atoms with van der Waals surface area (Å²) in [6.45, 7) is 0.108. The number of carbonyl (C=O) groups excluding carboxylic acids is 1. The molecule has 0 bridgehead atoms. The monoisotopic (exact) mass is 624 g/mol. The van der Waals surface area contributed by atoms with Crippen LogP contribution in [0.3, 0.4) is 0 Å². The van der Waals surface area contributed by atoms with Gasteiger partial charge in [-0.05, 0) is 35.9 Å². The molecule has 5 aromatic heterocycles. The van der Waals surface area contributed by atoms with Crippen LogP contribution in [0.2, 0.25) is 5.02 Å². The van der Waals surface area contributed by atoms with Gasteiger partial charge in [0.05, 0.1) is 40.8 Å². The van der Waals surface area contributed by atoms with Gasteiger partial charge in [0.1, 0.15) is 22.5 Å². The lowest BCUT2D eigenvalue weighted by molar-refractivity contribution is -0.659. The molecule has 1 atom stereocenters. The molecule has 3 N–H and O–H groups in total. The fourth-order valence-electron chi connectivity index (χ4n) is 4.56. The molecule has 0 aliphatic carbocycles. The van der Waals surface area contributed by atoms with E-state index in [-0.39, 0.29) is 28.3 Å². The van der Waals surface area contributed by atoms with E-state index in [4.69, 9.17) is 17.3 Å². The average Bonchev–Trinajstić information content (AvgIpc) is 3.80. The second-order valence-electron chi connectivity index (χ2n) is 9.50. The topological polar surface area (TPSA) is 150 Å². The summed E-state index contributed by atoms with van der Waals surface area (Å²) in [6, 6.07) is 7.99. The molecule has 0 radical (unpaired) electrons. The molecular formula is C27H19ClF4N11O+. The van der Waals surface area contributed by atoms with E-state index in [0.29, 0.717) is 22.5 Å². The minimum atomic E-state index is -4.62. The largest absolute Gasteiger partial charge is 0.433 e. The summed E-state index contributed by atoms with van der Waals surface area (Å²) in [6.07, 6.45) is 5.01. The number of aromatic amines is 1. The highest BCUT2D eigenvalue weighted by molar-refractivity contribution is 6.31. The van der Waals surface area contributed by atoms with Crippen molar-refractivity contribution >= 4 is 17.5 Å². The Balaban J connectivity index is 1.39. The number of alkyl halides is 3. The molecule has 1 aromatic carbocycles. The smallest absolute Gasteiger partial charge is 0.366 e. The number of pyridine rings is 2. The second kappa shape index (κ2) is 11.3. The molecule has 5 heterocycles. The van der Waals surface area contributed by atoms with Gasteiger partial charge >= 0.3 is 6.18 Å². The third kappa shape index (κ3) is 5.61. The molecule has 222 valence electrons. The first kappa shape index (κ1) is 28.6. The van der Waals surface area contributed by atoms with E-state index in [0.717, 1.165) is 12.3 Å². The minimum absolute atomic E-state index is 0.100. The number of nitrogens with two attached hydrogens (primary N) is 1. The second-order valence-corrected chi connectivity index (χ2v) is 9.90. The molecular weight excluding hydrogens is 606 g/mol. The molecule has 1 unspecified atom stereocenters. The summed E-state index contributed by atoms with van der Waals surface area (Å²) < 4.78 is 59.5. The number of aromatic nitrogens is 10. The normalized spacial score (nSPS) is 12.4. The zero-order valence-electron chi connectivity index (χ0n) is 22.2. The number of H-pyrrole nitrogens is 1. The zero-order chi connectivity index (χ0) is 31.0. The Labute approximate surface area is 249 Å². The minimum Gasteiger partial charge on any atom is -0.366 e. The predicted molar refractivity (Wildman–Crippen MR) is 145 cm³/mol. The van der Waals surface area contributed by atoms with Crippen LogP contribution in [0.4, 0.5) is 17.6 Å². The van der Waals surface area contributed by atoms with Crippen molar-refractivity contribution in [1.82, 2.24) is 45.1 Å². The maximum absolute atomic E-state index is 15.3. The molecule has 0 spiro atoms. The Morgan fingerprint density at radius 2 is 1.86 bits per heavy atom. The number of amides is 1. The van der Waals surface area contributed by atoms with Gasteiger partial charge in [-0.25, -0.2) is 4.39 Å². The van der Waals surface area contributed by atoms with Crippen molar-refractivity contribution in [2.24, 2.45) is 5.73 Å². The summed E-state index contributed by atoms with van der Waals surface area (Å²) in [5.74, 6) is -1.35. The van der Waals surface area contributed by atoms with Crippen LogP contribution >= 0.6 is 11.6 Å². The van der Waals surface area contributed by atoms with Crippen molar-refractivity contribution in [1.29, 1.82) is 0 Å². The average molecular weight is 625 g/mol. The Morgan fingerprint density at radius 3 is 2.55 bits per heavy atom. The number of tetrazole rings is 1. The van der Waals surface area contributed by atoms with Crippen LogP contribution in [0.1, 0.15) is 27.8 Å². The van der Waals surface area contributed by atoms with Gasteiger partial charge in [-0.2, -0.15) is 23.4 Å². The lowest BCUT2D eigenvalue weighted by Gasteiger charge is -2.18. The molecule has 6 rings (SSSR count). The lowest BCUT2D eigenvalue weighted by Crippen LogP contribution is -2.33. The van der Waals surface area contributed by atoms with Crippen LogP contribution in [-0.2, 0) is 12.7 Å². The van der Waals surface area contributed by atoms with Crippen molar-refractivity contribution < 1.29 is 27.0 Å². The van der Waals surface area contributed by atoms with Gasteiger partial charge in [0.15, 0.2) is 11.0 Å². The summed E-state index contributed by atoms with van der Waals surface area (Å²) in [7, 11) is 0. The molecule has 0 fully saturated rings. The van der Waals surface area contributed by atoms with Gasteiger partial charge in [0.25, 0.3) is 12.2 Å². The van der Waals surface area contributed by atoms with Crippen molar-refractivity contribution in [2.45, 2.75) is 18.8 Å². The van der Waals surface area contributed by atoms with Crippen molar-refractivity contribution in [3.63, 3.8) is 0 Å². The Bertz CT molecular complexity index is 1950. The molecule has 44 heavy (non-hydrogen) atoms. The van der Waals surface area contributed by atoms with Crippen LogP contribution in [0.25, 0.3) is 27.9 Å². The number of benzene rings is 1. The number of primary amides is 1. The van der Waals surface area contributed by atoms with Gasteiger partial charge in [0.2, 0.25) is 0 Å². The third-order valence-corrected chi connectivity index (χ3v) is 7.00. The first-order valence-electron chi connectivity index (χ1n) is 12.7. The maximum Gasteiger partial charge on any atom is 0.433 e. The van der Waals surface area contributed by atoms with Crippen molar-refractivity contribution in [3.05, 3.63) is 108 Å². The highest BCUT2D eigenvalue weighted by Gasteiger charge is 2.32. The first-order valence-corrected chi connectivity index (χ1v) is 13.1. The van der Waals surface area contributed by atoms with E-state index in [1.54, 1.807) is 24.4 Å². The van der Waals surface area contributed by atoms with E-state index in [2.05, 4.69) is 35.7 Å². The van der Waals surface area contributed by atoms with E-state index in [9.17, 15) is 18.0 Å². The maximum atomic E-state index is 15.3. The molecule has 0 aliphatic heterocycles. The van der Waals surface area contributed by atoms with Gasteiger partial charge in [0, 0.05) is 35.9 Å². The summed E-state index contributed by atoms with van der Waals surface area (Å²) in [5, 5.41) is 18.5. The van der Waals surface area contributed by atoms with E-state index in [1.807, 2.05) is 0 Å². The summed E-state index contributed by atoms with van der Waals surface area (Å²) >= 11 is 6.09. The van der Waals surface area contributed by atoms with Gasteiger partial charge in [-0.15, -0.1) is 4.68 Å². The van der Waals surface area contributed by atoms with Gasteiger partial charge in [-0.1, -0.05) is 22.9 Å². The van der Waals surface area contributed by atoms with E-state index < -0.39 is 29.6 Å². The Kier molecular flexibility index (Phi) is 7.34. The van der Waals surface area contributed by atoms with E-state index >= 15 is 4.39 Å². The lowest BCUT2D eigenvalue weighted by atomic mass is 10.0. The van der Waals surface area contributed by atoms with Crippen molar-refractivity contribution in [3.8, 4) is 27.9 Å². The van der Waals surface area contributed by atoms with E-state index in [1.165, 1.54) is 57.3 Å². The molecule has 0 saturated carbocycles. The van der Waals surface area contributed by atoms with Crippen LogP contribution < -0.4 is 10.4 Å². The number of carbonyl (C=O) groups is 1. The third-order valence-electron chi connectivity index (χ3n) is 6.71. The highest BCUT2D eigenvalue weighted by atomic mass is 35.5. The fraction of sp³-hybridized carbons (Fsp3) is 0.111. The summed E-state index contributed by atoms with van der Waals surface area (Å²) in [4.78, 5) is 19.6. The standard InChI is InChI=1S/C27H18ClF4N11O/c28-19-2-4-21(43-14-36-39-40-43)24(25(19)29)16-1-3-20(35-8-16)22(13-41-11-18(10-37-41)26(33)44)42-12-17(9-38-42)15-5-6-34-23(7-15)27(30,31)32/h1-12,14,22H,13H2,(H2,33,44)/p+1.